The lowest BCUT2D eigenvalue weighted by Crippen LogP contribution is -2.30. The van der Waals surface area contributed by atoms with E-state index in [1.165, 1.54) is 29.9 Å². The van der Waals surface area contributed by atoms with Crippen LogP contribution in [0.25, 0.3) is 11.3 Å². The van der Waals surface area contributed by atoms with Crippen molar-refractivity contribution in [2.45, 2.75) is 19.3 Å². The number of amides is 1. The quantitative estimate of drug-likeness (QED) is 0.742. The van der Waals surface area contributed by atoms with Crippen LogP contribution >= 0.6 is 0 Å². The lowest BCUT2D eigenvalue weighted by Gasteiger charge is -2.27. The number of rotatable bonds is 4. The van der Waals surface area contributed by atoms with Crippen molar-refractivity contribution in [1.82, 2.24) is 14.8 Å². The summed E-state index contributed by atoms with van der Waals surface area (Å²) in [5.41, 5.74) is 2.09. The zero-order chi connectivity index (χ0) is 20.2. The van der Waals surface area contributed by atoms with Crippen LogP contribution in [0.5, 0.6) is 0 Å². The maximum atomic E-state index is 12.4. The molecule has 1 fully saturated rings. The maximum absolute atomic E-state index is 12.4. The number of nitrogens with zero attached hydrogens (tertiary/aromatic N) is 4. The van der Waals surface area contributed by atoms with Crippen LogP contribution in [-0.4, -0.2) is 33.8 Å². The number of carbonyl (C=O) groups excluding carboxylic acids is 1. The van der Waals surface area contributed by atoms with Gasteiger partial charge in [-0.25, -0.2) is 0 Å². The smallest absolute Gasteiger partial charge is 0.263 e. The van der Waals surface area contributed by atoms with Crippen LogP contribution in [0.4, 0.5) is 11.5 Å². The number of benzene rings is 1. The minimum atomic E-state index is -0.426. The number of aryl methyl sites for hydroxylation is 1. The number of hydrogen-bond acceptors (Lipinski definition) is 5. The topological polar surface area (TPSA) is 80.1 Å². The summed E-state index contributed by atoms with van der Waals surface area (Å²) < 4.78 is 1.38. The number of nitrogens with one attached hydrogen (secondary N) is 1. The van der Waals surface area contributed by atoms with E-state index in [-0.39, 0.29) is 11.1 Å². The number of anilines is 2. The standard InChI is InChI=1S/C22H23N5O2/c1-26-13-5-6-18(22(26)29)21(28)23-17-9-7-16(8-10-17)19-11-12-20(25-24-19)27-14-3-2-4-15-27/h5-13H,2-4,14-15H2,1H3,(H,23,28). The monoisotopic (exact) mass is 389 g/mol. The van der Waals surface area contributed by atoms with Gasteiger partial charge in [0.15, 0.2) is 5.82 Å². The molecule has 1 aliphatic heterocycles. The Kier molecular flexibility index (Phi) is 5.37. The third kappa shape index (κ3) is 4.18. The molecule has 7 heteroatoms. The predicted molar refractivity (Wildman–Crippen MR) is 113 cm³/mol. The van der Waals surface area contributed by atoms with Crippen molar-refractivity contribution >= 4 is 17.4 Å². The van der Waals surface area contributed by atoms with E-state index < -0.39 is 5.91 Å². The van der Waals surface area contributed by atoms with Crippen molar-refractivity contribution in [3.63, 3.8) is 0 Å². The van der Waals surface area contributed by atoms with Crippen molar-refractivity contribution < 1.29 is 4.79 Å². The Labute approximate surface area is 169 Å². The SMILES string of the molecule is Cn1cccc(C(=O)Nc2ccc(-c3ccc(N4CCCCC4)nn3)cc2)c1=O. The summed E-state index contributed by atoms with van der Waals surface area (Å²) in [6.07, 6.45) is 5.30. The molecule has 29 heavy (non-hydrogen) atoms. The Morgan fingerprint density at radius 3 is 2.41 bits per heavy atom. The van der Waals surface area contributed by atoms with Crippen molar-refractivity contribution in [2.75, 3.05) is 23.3 Å². The van der Waals surface area contributed by atoms with Gasteiger partial charge in [0.25, 0.3) is 11.5 Å². The fraction of sp³-hybridized carbons (Fsp3) is 0.273. The van der Waals surface area contributed by atoms with Crippen LogP contribution in [0.15, 0.2) is 59.5 Å². The highest BCUT2D eigenvalue weighted by atomic mass is 16.2. The number of carbonyl (C=O) groups is 1. The van der Waals surface area contributed by atoms with Crippen LogP contribution in [-0.2, 0) is 7.05 Å². The Morgan fingerprint density at radius 2 is 1.72 bits per heavy atom. The average molecular weight is 389 g/mol. The minimum Gasteiger partial charge on any atom is -0.355 e. The van der Waals surface area contributed by atoms with E-state index in [9.17, 15) is 9.59 Å². The van der Waals surface area contributed by atoms with Gasteiger partial charge in [-0.05, 0) is 55.7 Å². The van der Waals surface area contributed by atoms with E-state index >= 15 is 0 Å². The summed E-state index contributed by atoms with van der Waals surface area (Å²) in [6.45, 7) is 2.07. The van der Waals surface area contributed by atoms with Gasteiger partial charge in [-0.3, -0.25) is 9.59 Å². The van der Waals surface area contributed by atoms with Crippen molar-refractivity contribution in [3.8, 4) is 11.3 Å². The summed E-state index contributed by atoms with van der Waals surface area (Å²) >= 11 is 0. The van der Waals surface area contributed by atoms with Gasteiger partial charge >= 0.3 is 0 Å². The number of pyridine rings is 1. The van der Waals surface area contributed by atoms with Gasteiger partial charge in [0, 0.05) is 37.6 Å². The lowest BCUT2D eigenvalue weighted by atomic mass is 10.1. The molecular formula is C22H23N5O2. The molecule has 0 atom stereocenters. The van der Waals surface area contributed by atoms with E-state index in [0.29, 0.717) is 5.69 Å². The second-order valence-corrected chi connectivity index (χ2v) is 7.19. The van der Waals surface area contributed by atoms with Crippen molar-refractivity contribution in [1.29, 1.82) is 0 Å². The zero-order valence-electron chi connectivity index (χ0n) is 16.3. The number of piperidine rings is 1. The minimum absolute atomic E-state index is 0.109. The van der Waals surface area contributed by atoms with E-state index in [0.717, 1.165) is 30.2 Å². The fourth-order valence-electron chi connectivity index (χ4n) is 3.46. The van der Waals surface area contributed by atoms with E-state index in [1.54, 1.807) is 31.4 Å². The summed E-state index contributed by atoms with van der Waals surface area (Å²) in [5.74, 6) is 0.492. The normalized spacial score (nSPS) is 13.9. The molecule has 1 amide bonds. The first-order valence-corrected chi connectivity index (χ1v) is 9.78. The summed E-state index contributed by atoms with van der Waals surface area (Å²) in [4.78, 5) is 26.7. The molecule has 3 aromatic rings. The largest absolute Gasteiger partial charge is 0.355 e. The van der Waals surface area contributed by atoms with Gasteiger partial charge in [-0.1, -0.05) is 12.1 Å². The maximum Gasteiger partial charge on any atom is 0.263 e. The van der Waals surface area contributed by atoms with Gasteiger partial charge in [-0.15, -0.1) is 10.2 Å². The summed E-state index contributed by atoms with van der Waals surface area (Å²) in [5, 5.41) is 11.5. The molecule has 1 saturated heterocycles. The van der Waals surface area contributed by atoms with E-state index in [1.807, 2.05) is 24.3 Å². The molecule has 4 rings (SSSR count). The molecule has 0 saturated carbocycles. The summed E-state index contributed by atoms with van der Waals surface area (Å²) in [6, 6.07) is 14.5. The third-order valence-electron chi connectivity index (χ3n) is 5.14. The molecule has 2 aromatic heterocycles. The zero-order valence-corrected chi connectivity index (χ0v) is 16.3. The highest BCUT2D eigenvalue weighted by Crippen LogP contribution is 2.22. The lowest BCUT2D eigenvalue weighted by molar-refractivity contribution is 0.102. The van der Waals surface area contributed by atoms with Crippen LogP contribution in [0.1, 0.15) is 29.6 Å². The molecule has 0 unspecified atom stereocenters. The highest BCUT2D eigenvalue weighted by molar-refractivity contribution is 6.04. The second-order valence-electron chi connectivity index (χ2n) is 7.19. The molecule has 1 N–H and O–H groups in total. The molecule has 0 spiro atoms. The Morgan fingerprint density at radius 1 is 0.966 bits per heavy atom. The van der Waals surface area contributed by atoms with Crippen molar-refractivity contribution in [3.05, 3.63) is 70.6 Å². The molecule has 0 radical (unpaired) electrons. The van der Waals surface area contributed by atoms with Crippen LogP contribution in [0.3, 0.4) is 0 Å². The van der Waals surface area contributed by atoms with Crippen LogP contribution < -0.4 is 15.8 Å². The molecule has 1 aromatic carbocycles. The third-order valence-corrected chi connectivity index (χ3v) is 5.14. The van der Waals surface area contributed by atoms with Crippen molar-refractivity contribution in [2.24, 2.45) is 7.05 Å². The van der Waals surface area contributed by atoms with Gasteiger partial charge in [0.1, 0.15) is 5.56 Å². The molecule has 3 heterocycles. The molecule has 0 bridgehead atoms. The number of hydrogen-bond donors (Lipinski definition) is 1. The first-order chi connectivity index (χ1) is 14.1. The van der Waals surface area contributed by atoms with E-state index in [4.69, 9.17) is 0 Å². The average Bonchev–Trinajstić information content (AvgIpc) is 2.77. The van der Waals surface area contributed by atoms with Gasteiger partial charge < -0.3 is 14.8 Å². The molecule has 148 valence electrons. The second kappa shape index (κ2) is 8.26. The molecule has 1 aliphatic rings. The van der Waals surface area contributed by atoms with Gasteiger partial charge in [-0.2, -0.15) is 0 Å². The molecule has 0 aliphatic carbocycles. The molecule has 7 nitrogen and oxygen atoms in total. The Bertz CT molecular complexity index is 1050. The first-order valence-electron chi connectivity index (χ1n) is 9.78. The van der Waals surface area contributed by atoms with E-state index in [2.05, 4.69) is 20.4 Å². The van der Waals surface area contributed by atoms with Gasteiger partial charge in [0.05, 0.1) is 5.69 Å². The molecular weight excluding hydrogens is 366 g/mol. The van der Waals surface area contributed by atoms with Crippen LogP contribution in [0.2, 0.25) is 0 Å². The van der Waals surface area contributed by atoms with Crippen LogP contribution in [0, 0.1) is 0 Å². The van der Waals surface area contributed by atoms with Gasteiger partial charge in [0.2, 0.25) is 0 Å². The fourth-order valence-corrected chi connectivity index (χ4v) is 3.46. The highest BCUT2D eigenvalue weighted by Gasteiger charge is 2.13. The predicted octanol–water partition coefficient (Wildman–Crippen LogP) is 3.08. The number of aromatic nitrogens is 3. The first kappa shape index (κ1) is 18.9. The Hall–Kier alpha value is -3.48. The Balaban J connectivity index is 1.45. The summed E-state index contributed by atoms with van der Waals surface area (Å²) in [7, 11) is 1.62.